The number of nitrogens with two attached hydrogens (primary N) is 1. The maximum absolute atomic E-state index is 14.0. The van der Waals surface area contributed by atoms with Crippen LogP contribution in [0.4, 0.5) is 4.39 Å². The molecule has 1 unspecified atom stereocenters. The van der Waals surface area contributed by atoms with Crippen LogP contribution in [0.25, 0.3) is 0 Å². The monoisotopic (exact) mass is 299 g/mol. The van der Waals surface area contributed by atoms with Crippen LogP contribution in [-0.2, 0) is 6.54 Å². The quantitative estimate of drug-likeness (QED) is 0.351. The van der Waals surface area contributed by atoms with Crippen molar-refractivity contribution >= 4 is 17.6 Å². The number of nitrogens with zero attached hydrogens (tertiary/aromatic N) is 2. The Bertz CT molecular complexity index is 468. The third-order valence-electron chi connectivity index (χ3n) is 3.33. The molecule has 0 aliphatic carbocycles. The topological polar surface area (TPSA) is 61.8 Å². The lowest BCUT2D eigenvalue weighted by molar-refractivity contribution is 0.244. The molecule has 0 saturated heterocycles. The van der Waals surface area contributed by atoms with Crippen molar-refractivity contribution in [3.63, 3.8) is 0 Å². The molecular formula is C14H22FN3OS. The van der Waals surface area contributed by atoms with E-state index >= 15 is 0 Å². The second kappa shape index (κ2) is 8.11. The number of hydrogen-bond donors (Lipinski definition) is 2. The van der Waals surface area contributed by atoms with Gasteiger partial charge in [-0.05, 0) is 25.8 Å². The molecule has 1 aromatic carbocycles. The van der Waals surface area contributed by atoms with Crippen LogP contribution in [0, 0.1) is 5.82 Å². The summed E-state index contributed by atoms with van der Waals surface area (Å²) < 4.78 is 14.0. The minimum Gasteiger partial charge on any atom is -0.409 e. The van der Waals surface area contributed by atoms with Gasteiger partial charge in [0.2, 0.25) is 0 Å². The Kier molecular flexibility index (Phi) is 6.81. The molecule has 1 aromatic rings. The highest BCUT2D eigenvalue weighted by Gasteiger charge is 2.15. The number of hydrogen-bond acceptors (Lipinski definition) is 4. The Balaban J connectivity index is 2.82. The molecule has 0 fully saturated rings. The maximum atomic E-state index is 14.0. The van der Waals surface area contributed by atoms with Crippen LogP contribution >= 0.6 is 11.8 Å². The number of amidine groups is 1. The van der Waals surface area contributed by atoms with E-state index in [1.807, 2.05) is 7.05 Å². The summed E-state index contributed by atoms with van der Waals surface area (Å²) in [4.78, 5) is 2.15. The lowest BCUT2D eigenvalue weighted by Crippen LogP contribution is -2.33. The highest BCUT2D eigenvalue weighted by Crippen LogP contribution is 2.16. The van der Waals surface area contributed by atoms with Gasteiger partial charge in [0.15, 0.2) is 5.84 Å². The van der Waals surface area contributed by atoms with Crippen LogP contribution in [0.3, 0.4) is 0 Å². The Morgan fingerprint density at radius 3 is 2.75 bits per heavy atom. The maximum Gasteiger partial charge on any atom is 0.170 e. The molecule has 0 aliphatic rings. The second-order valence-electron chi connectivity index (χ2n) is 4.72. The summed E-state index contributed by atoms with van der Waals surface area (Å²) in [7, 11) is 2.00. The molecule has 112 valence electrons. The van der Waals surface area contributed by atoms with Crippen molar-refractivity contribution in [2.24, 2.45) is 10.9 Å². The van der Waals surface area contributed by atoms with Crippen LogP contribution in [0.15, 0.2) is 23.4 Å². The highest BCUT2D eigenvalue weighted by molar-refractivity contribution is 7.98. The third-order valence-corrected chi connectivity index (χ3v) is 4.05. The zero-order valence-corrected chi connectivity index (χ0v) is 13.0. The number of rotatable bonds is 7. The number of halogens is 1. The van der Waals surface area contributed by atoms with Gasteiger partial charge in [-0.3, -0.25) is 4.90 Å². The molecule has 20 heavy (non-hydrogen) atoms. The molecule has 1 atom stereocenters. The molecular weight excluding hydrogens is 277 g/mol. The fourth-order valence-electron chi connectivity index (χ4n) is 2.04. The second-order valence-corrected chi connectivity index (χ2v) is 5.63. The standard InChI is InChI=1S/C14H22FN3OS/c1-4-12(9-20-3)18(2)8-11-6-5-10(7-13(11)15)14(16)17-19/h5-7,12,19H,4,8-9H2,1-3H3,(H2,16,17). The number of oxime groups is 1. The normalized spacial score (nSPS) is 13.8. The van der Waals surface area contributed by atoms with Gasteiger partial charge in [0.1, 0.15) is 5.82 Å². The lowest BCUT2D eigenvalue weighted by atomic mass is 10.1. The minimum absolute atomic E-state index is 0.0855. The molecule has 0 radical (unpaired) electrons. The van der Waals surface area contributed by atoms with E-state index in [0.29, 0.717) is 23.7 Å². The van der Waals surface area contributed by atoms with E-state index in [9.17, 15) is 4.39 Å². The molecule has 3 N–H and O–H groups in total. The van der Waals surface area contributed by atoms with Crippen molar-refractivity contribution in [1.29, 1.82) is 0 Å². The van der Waals surface area contributed by atoms with E-state index in [-0.39, 0.29) is 11.7 Å². The lowest BCUT2D eigenvalue weighted by Gasteiger charge is -2.26. The van der Waals surface area contributed by atoms with Gasteiger partial charge in [-0.15, -0.1) is 0 Å². The molecule has 6 heteroatoms. The summed E-state index contributed by atoms with van der Waals surface area (Å²) in [6, 6.07) is 5.07. The van der Waals surface area contributed by atoms with Crippen molar-refractivity contribution in [2.75, 3.05) is 19.1 Å². The van der Waals surface area contributed by atoms with E-state index in [2.05, 4.69) is 23.2 Å². The zero-order valence-electron chi connectivity index (χ0n) is 12.1. The van der Waals surface area contributed by atoms with Crippen molar-refractivity contribution in [1.82, 2.24) is 4.90 Å². The summed E-state index contributed by atoms with van der Waals surface area (Å²) in [6.45, 7) is 2.68. The Hall–Kier alpha value is -1.27. The summed E-state index contributed by atoms with van der Waals surface area (Å²) in [6.07, 6.45) is 3.10. The first-order valence-corrected chi connectivity index (χ1v) is 7.88. The van der Waals surface area contributed by atoms with Crippen LogP contribution in [-0.4, -0.2) is 41.0 Å². The average Bonchev–Trinajstić information content (AvgIpc) is 2.45. The van der Waals surface area contributed by atoms with Crippen molar-refractivity contribution < 1.29 is 9.60 Å². The largest absolute Gasteiger partial charge is 0.409 e. The van der Waals surface area contributed by atoms with Crippen LogP contribution in [0.5, 0.6) is 0 Å². The zero-order chi connectivity index (χ0) is 15.1. The molecule has 0 aliphatic heterocycles. The molecule has 0 aromatic heterocycles. The van der Waals surface area contributed by atoms with Crippen molar-refractivity contribution in [3.05, 3.63) is 35.1 Å². The fraction of sp³-hybridized carbons (Fsp3) is 0.500. The van der Waals surface area contributed by atoms with Gasteiger partial charge >= 0.3 is 0 Å². The van der Waals surface area contributed by atoms with Crippen LogP contribution in [0.1, 0.15) is 24.5 Å². The average molecular weight is 299 g/mol. The third kappa shape index (κ3) is 4.38. The summed E-state index contributed by atoms with van der Waals surface area (Å²) >= 11 is 1.79. The van der Waals surface area contributed by atoms with Crippen LogP contribution in [0.2, 0.25) is 0 Å². The van der Waals surface area contributed by atoms with Gasteiger partial charge in [-0.25, -0.2) is 4.39 Å². The summed E-state index contributed by atoms with van der Waals surface area (Å²) in [5, 5.41) is 11.5. The van der Waals surface area contributed by atoms with E-state index in [0.717, 1.165) is 12.2 Å². The molecule has 0 saturated carbocycles. The first-order chi connectivity index (χ1) is 9.53. The molecule has 0 bridgehead atoms. The molecule has 1 rings (SSSR count). The van der Waals surface area contributed by atoms with Gasteiger partial charge in [0.25, 0.3) is 0 Å². The Morgan fingerprint density at radius 2 is 2.25 bits per heavy atom. The molecule has 0 amide bonds. The van der Waals surface area contributed by atoms with Crippen molar-refractivity contribution in [3.8, 4) is 0 Å². The van der Waals surface area contributed by atoms with E-state index in [1.54, 1.807) is 23.9 Å². The van der Waals surface area contributed by atoms with E-state index in [1.165, 1.54) is 6.07 Å². The summed E-state index contributed by atoms with van der Waals surface area (Å²) in [5.41, 5.74) is 6.44. The number of benzene rings is 1. The Morgan fingerprint density at radius 1 is 1.55 bits per heavy atom. The molecule has 0 spiro atoms. The van der Waals surface area contributed by atoms with Gasteiger partial charge < -0.3 is 10.9 Å². The highest BCUT2D eigenvalue weighted by atomic mass is 32.2. The first kappa shape index (κ1) is 16.8. The first-order valence-electron chi connectivity index (χ1n) is 6.49. The molecule has 0 heterocycles. The van der Waals surface area contributed by atoms with Gasteiger partial charge in [-0.1, -0.05) is 24.2 Å². The molecule has 4 nitrogen and oxygen atoms in total. The predicted molar refractivity (Wildman–Crippen MR) is 82.8 cm³/mol. The van der Waals surface area contributed by atoms with Crippen molar-refractivity contribution in [2.45, 2.75) is 25.9 Å². The van der Waals surface area contributed by atoms with E-state index < -0.39 is 0 Å². The summed E-state index contributed by atoms with van der Waals surface area (Å²) in [5.74, 6) is 0.606. The van der Waals surface area contributed by atoms with E-state index in [4.69, 9.17) is 10.9 Å². The smallest absolute Gasteiger partial charge is 0.170 e. The fourth-order valence-corrected chi connectivity index (χ4v) is 2.91. The van der Waals surface area contributed by atoms with Gasteiger partial charge in [-0.2, -0.15) is 11.8 Å². The number of thioether (sulfide) groups is 1. The van der Waals surface area contributed by atoms with Gasteiger partial charge in [0, 0.05) is 29.5 Å². The minimum atomic E-state index is -0.333. The SMILES string of the molecule is CCC(CSC)N(C)Cc1ccc(/C(N)=N/O)cc1F. The Labute approximate surface area is 123 Å². The predicted octanol–water partition coefficient (Wildman–Crippen LogP) is 2.49. The van der Waals surface area contributed by atoms with Gasteiger partial charge in [0.05, 0.1) is 0 Å². The van der Waals surface area contributed by atoms with Crippen LogP contribution < -0.4 is 5.73 Å².